The third-order valence-corrected chi connectivity index (χ3v) is 1.78. The fourth-order valence-corrected chi connectivity index (χ4v) is 1.03. The first-order valence-corrected chi connectivity index (χ1v) is 4.37. The number of rotatable bonds is 1. The van der Waals surface area contributed by atoms with Gasteiger partial charge in [-0.15, -0.1) is 0 Å². The van der Waals surface area contributed by atoms with Crippen LogP contribution in [0.4, 0.5) is 0 Å². The second-order valence-electron chi connectivity index (χ2n) is 2.36. The summed E-state index contributed by atoms with van der Waals surface area (Å²) < 4.78 is 0. The van der Waals surface area contributed by atoms with Gasteiger partial charge in [-0.25, -0.2) is 4.98 Å². The molecule has 0 fully saturated rings. The molecule has 0 aliphatic rings. The van der Waals surface area contributed by atoms with E-state index in [1.807, 2.05) is 0 Å². The lowest BCUT2D eigenvalue weighted by Crippen LogP contribution is -1.90. The number of halogens is 2. The summed E-state index contributed by atoms with van der Waals surface area (Å²) in [5.41, 5.74) is 0.431. The van der Waals surface area contributed by atoms with Gasteiger partial charge in [-0.1, -0.05) is 35.0 Å². The summed E-state index contributed by atoms with van der Waals surface area (Å²) >= 11 is 11.3. The highest BCUT2D eigenvalue weighted by Gasteiger charge is 1.99. The van der Waals surface area contributed by atoms with Gasteiger partial charge in [0.15, 0.2) is 0 Å². The zero-order valence-corrected chi connectivity index (χ0v) is 8.43. The molecule has 1 rings (SSSR count). The minimum atomic E-state index is -0.983. The van der Waals surface area contributed by atoms with Gasteiger partial charge < -0.3 is 5.11 Å². The van der Waals surface area contributed by atoms with E-state index in [-0.39, 0.29) is 11.6 Å². The largest absolute Gasteiger partial charge is 0.481 e. The number of carboxylic acid groups (broad SMARTS) is 1. The Hall–Kier alpha value is -1.24. The van der Waals surface area contributed by atoms with Crippen LogP contribution in [0.2, 0.25) is 10.2 Å². The van der Waals surface area contributed by atoms with Crippen molar-refractivity contribution < 1.29 is 9.90 Å². The summed E-state index contributed by atoms with van der Waals surface area (Å²) in [7, 11) is 0. The Balaban J connectivity index is 2.88. The van der Waals surface area contributed by atoms with E-state index >= 15 is 0 Å². The van der Waals surface area contributed by atoms with Gasteiger partial charge in [-0.2, -0.15) is 0 Å². The maximum absolute atomic E-state index is 10.2. The van der Waals surface area contributed by atoms with E-state index in [1.54, 1.807) is 0 Å². The highest BCUT2D eigenvalue weighted by Crippen LogP contribution is 2.16. The van der Waals surface area contributed by atoms with Crippen LogP contribution in [0.5, 0.6) is 0 Å². The Morgan fingerprint density at radius 1 is 1.57 bits per heavy atom. The van der Waals surface area contributed by atoms with E-state index in [9.17, 15) is 4.79 Å². The molecule has 0 unspecified atom stereocenters. The molecule has 0 atom stereocenters. The maximum Gasteiger partial charge on any atom is 0.315 e. The van der Waals surface area contributed by atoms with Crippen molar-refractivity contribution in [2.24, 2.45) is 0 Å². The summed E-state index contributed by atoms with van der Waals surface area (Å²) in [5.74, 6) is 4.03. The summed E-state index contributed by atoms with van der Waals surface area (Å²) in [5, 5.41) is 8.96. The molecule has 72 valence electrons. The van der Waals surface area contributed by atoms with Gasteiger partial charge in [0.1, 0.15) is 11.6 Å². The Morgan fingerprint density at radius 3 is 2.93 bits per heavy atom. The first-order valence-electron chi connectivity index (χ1n) is 3.61. The van der Waals surface area contributed by atoms with Crippen LogP contribution in [0, 0.1) is 11.8 Å². The van der Waals surface area contributed by atoms with Crippen molar-refractivity contribution in [2.45, 2.75) is 6.42 Å². The van der Waals surface area contributed by atoms with Gasteiger partial charge in [0.05, 0.1) is 10.6 Å². The average Bonchev–Trinajstić information content (AvgIpc) is 2.10. The second kappa shape index (κ2) is 4.85. The fraction of sp³-hybridized carbons (Fsp3) is 0.111. The smallest absolute Gasteiger partial charge is 0.315 e. The molecule has 14 heavy (non-hydrogen) atoms. The lowest BCUT2D eigenvalue weighted by atomic mass is 10.3. The van der Waals surface area contributed by atoms with Crippen molar-refractivity contribution in [1.82, 2.24) is 4.98 Å². The molecule has 0 aliphatic heterocycles. The first kappa shape index (κ1) is 10.8. The Morgan fingerprint density at radius 2 is 2.29 bits per heavy atom. The zero-order chi connectivity index (χ0) is 10.6. The monoisotopic (exact) mass is 229 g/mol. The molecule has 1 aromatic heterocycles. The number of pyridine rings is 1. The van der Waals surface area contributed by atoms with Gasteiger partial charge in [0.2, 0.25) is 0 Å². The minimum absolute atomic E-state index is 0.215. The van der Waals surface area contributed by atoms with E-state index in [2.05, 4.69) is 16.8 Å². The van der Waals surface area contributed by atoms with Gasteiger partial charge in [0.25, 0.3) is 0 Å². The van der Waals surface area contributed by atoms with Crippen molar-refractivity contribution in [2.75, 3.05) is 0 Å². The lowest BCUT2D eigenvalue weighted by molar-refractivity contribution is -0.135. The number of carbonyl (C=O) groups is 1. The quantitative estimate of drug-likeness (QED) is 0.594. The fourth-order valence-electron chi connectivity index (χ4n) is 0.725. The van der Waals surface area contributed by atoms with Crippen LogP contribution in [0.1, 0.15) is 12.0 Å². The first-order chi connectivity index (χ1) is 6.59. The Bertz CT molecular complexity index is 421. The second-order valence-corrected chi connectivity index (χ2v) is 3.16. The molecule has 0 aromatic carbocycles. The van der Waals surface area contributed by atoms with Crippen LogP contribution < -0.4 is 0 Å². The van der Waals surface area contributed by atoms with Crippen LogP contribution in [0.25, 0.3) is 0 Å². The standard InChI is InChI=1S/C9H5Cl2NO2/c10-7-4-6(9(11)12-5-7)2-1-3-8(13)14/h4-5H,3H2,(H,13,14). The van der Waals surface area contributed by atoms with Gasteiger partial charge >= 0.3 is 5.97 Å². The van der Waals surface area contributed by atoms with Crippen LogP contribution in [-0.4, -0.2) is 16.1 Å². The predicted molar refractivity (Wildman–Crippen MR) is 53.4 cm³/mol. The molecular formula is C9H5Cl2NO2. The predicted octanol–water partition coefficient (Wildman–Crippen LogP) is 2.21. The minimum Gasteiger partial charge on any atom is -0.481 e. The molecule has 0 saturated carbocycles. The molecule has 0 aliphatic carbocycles. The van der Waals surface area contributed by atoms with Gasteiger partial charge in [0, 0.05) is 6.20 Å². The maximum atomic E-state index is 10.2. The number of aliphatic carboxylic acids is 1. The molecular weight excluding hydrogens is 225 g/mol. The van der Waals surface area contributed by atoms with Crippen LogP contribution >= 0.6 is 23.2 Å². The summed E-state index contributed by atoms with van der Waals surface area (Å²) in [4.78, 5) is 13.9. The molecule has 3 nitrogen and oxygen atoms in total. The van der Waals surface area contributed by atoms with E-state index < -0.39 is 5.97 Å². The Labute approximate surface area is 90.7 Å². The highest BCUT2D eigenvalue weighted by atomic mass is 35.5. The SMILES string of the molecule is O=C(O)CC#Cc1cc(Cl)cnc1Cl. The normalized spacial score (nSPS) is 9.00. The van der Waals surface area contributed by atoms with Crippen molar-refractivity contribution in [1.29, 1.82) is 0 Å². The molecule has 1 aromatic rings. The van der Waals surface area contributed by atoms with Crippen molar-refractivity contribution in [3.05, 3.63) is 28.0 Å². The van der Waals surface area contributed by atoms with E-state index in [0.717, 1.165) is 0 Å². The molecule has 0 bridgehead atoms. The average molecular weight is 230 g/mol. The topological polar surface area (TPSA) is 50.2 Å². The number of nitrogens with zero attached hydrogens (tertiary/aromatic N) is 1. The molecule has 5 heteroatoms. The third-order valence-electron chi connectivity index (χ3n) is 1.27. The molecule has 0 saturated heterocycles. The van der Waals surface area contributed by atoms with Gasteiger partial charge in [-0.3, -0.25) is 4.79 Å². The number of hydrogen-bond donors (Lipinski definition) is 1. The summed E-state index contributed by atoms with van der Waals surface area (Å²) in [6.45, 7) is 0. The molecule has 1 N–H and O–H groups in total. The van der Waals surface area contributed by atoms with E-state index in [0.29, 0.717) is 10.6 Å². The van der Waals surface area contributed by atoms with E-state index in [1.165, 1.54) is 12.3 Å². The number of carboxylic acids is 1. The zero-order valence-electron chi connectivity index (χ0n) is 6.92. The number of aromatic nitrogens is 1. The molecule has 0 spiro atoms. The highest BCUT2D eigenvalue weighted by molar-refractivity contribution is 6.32. The van der Waals surface area contributed by atoms with Crippen LogP contribution in [0.3, 0.4) is 0 Å². The van der Waals surface area contributed by atoms with Crippen LogP contribution in [0.15, 0.2) is 12.3 Å². The van der Waals surface area contributed by atoms with Crippen molar-refractivity contribution in [3.63, 3.8) is 0 Å². The van der Waals surface area contributed by atoms with Crippen molar-refractivity contribution >= 4 is 29.2 Å². The van der Waals surface area contributed by atoms with Crippen LogP contribution in [-0.2, 0) is 4.79 Å². The third kappa shape index (κ3) is 3.25. The molecule has 0 radical (unpaired) electrons. The van der Waals surface area contributed by atoms with E-state index in [4.69, 9.17) is 28.3 Å². The van der Waals surface area contributed by atoms with Crippen molar-refractivity contribution in [3.8, 4) is 11.8 Å². The van der Waals surface area contributed by atoms with Gasteiger partial charge in [-0.05, 0) is 6.07 Å². The molecule has 1 heterocycles. The lowest BCUT2D eigenvalue weighted by Gasteiger charge is -1.94. The number of hydrogen-bond acceptors (Lipinski definition) is 2. The summed E-state index contributed by atoms with van der Waals surface area (Å²) in [6.07, 6.45) is 1.16. The molecule has 0 amide bonds. The summed E-state index contributed by atoms with van der Waals surface area (Å²) in [6, 6.07) is 1.53. The Kier molecular flexibility index (Phi) is 3.75.